The third-order valence-corrected chi connectivity index (χ3v) is 0.765. The first-order valence-electron chi connectivity index (χ1n) is 3.22. The molecule has 4 N–H and O–H groups in total. The van der Waals surface area contributed by atoms with E-state index in [0.29, 0.717) is 0 Å². The first-order chi connectivity index (χ1) is 5.29. The fourth-order valence-corrected chi connectivity index (χ4v) is 0.400. The molecule has 2 amide bonds. The molecule has 0 aromatic rings. The highest BCUT2D eigenvalue weighted by Gasteiger charge is 2.02. The maximum absolute atomic E-state index is 10.7. The molecule has 0 bridgehead atoms. The first kappa shape index (κ1) is 13.5. The van der Waals surface area contributed by atoms with Crippen LogP contribution in [-0.2, 0) is 0 Å². The van der Waals surface area contributed by atoms with E-state index in [1.807, 2.05) is 0 Å². The van der Waals surface area contributed by atoms with Gasteiger partial charge in [-0.25, -0.2) is 4.79 Å². The normalized spacial score (nSPS) is 7.67. The summed E-state index contributed by atoms with van der Waals surface area (Å²) in [6, 6.07) is 0.0185. The minimum atomic E-state index is 0.000000000000000222. The summed E-state index contributed by atoms with van der Waals surface area (Å²) in [4.78, 5) is 13.8. The number of urea groups is 1. The summed E-state index contributed by atoms with van der Waals surface area (Å²) in [7, 11) is 6.90. The Labute approximate surface area is 78.3 Å². The molecule has 0 aromatic carbocycles. The zero-order chi connectivity index (χ0) is 10.3. The molecule has 0 atom stereocenters. The maximum atomic E-state index is 10.7. The lowest BCUT2D eigenvalue weighted by molar-refractivity contribution is 0.191. The van der Waals surface area contributed by atoms with Crippen molar-refractivity contribution in [3.8, 4) is 0 Å². The summed E-state index contributed by atoms with van der Waals surface area (Å²) in [6.07, 6.45) is 0. The van der Waals surface area contributed by atoms with Gasteiger partial charge in [0.2, 0.25) is 0 Å². The number of nitrogens with two attached hydrogens (primary N) is 2. The minimum Gasteiger partial charge on any atom is -0.377 e. The van der Waals surface area contributed by atoms with Gasteiger partial charge in [0.1, 0.15) is 0 Å². The molecular formula is C6H16N4OS. The van der Waals surface area contributed by atoms with Gasteiger partial charge < -0.3 is 21.3 Å². The average Bonchev–Trinajstić information content (AvgIpc) is 1.84. The largest absolute Gasteiger partial charge is 0.377 e. The molecule has 0 radical (unpaired) electrons. The highest BCUT2D eigenvalue weighted by atomic mass is 32.1. The topological polar surface area (TPSA) is 75.6 Å². The van der Waals surface area contributed by atoms with Crippen LogP contribution < -0.4 is 11.5 Å². The second-order valence-electron chi connectivity index (χ2n) is 2.47. The van der Waals surface area contributed by atoms with Crippen molar-refractivity contribution in [2.75, 3.05) is 28.2 Å². The zero-order valence-electron chi connectivity index (χ0n) is 7.87. The van der Waals surface area contributed by atoms with E-state index in [0.717, 1.165) is 0 Å². The number of thiocarbonyl (C=S) groups is 1. The van der Waals surface area contributed by atoms with E-state index in [9.17, 15) is 4.79 Å². The van der Waals surface area contributed by atoms with Gasteiger partial charge in [0.15, 0.2) is 5.11 Å². The highest BCUT2D eigenvalue weighted by molar-refractivity contribution is 7.80. The van der Waals surface area contributed by atoms with Gasteiger partial charge in [-0.3, -0.25) is 0 Å². The van der Waals surface area contributed by atoms with Crippen LogP contribution in [-0.4, -0.2) is 49.1 Å². The third-order valence-electron chi connectivity index (χ3n) is 0.765. The van der Waals surface area contributed by atoms with Crippen molar-refractivity contribution in [1.29, 1.82) is 0 Å². The Kier molecular flexibility index (Phi) is 7.51. The Morgan fingerprint density at radius 3 is 1.25 bits per heavy atom. The van der Waals surface area contributed by atoms with E-state index in [2.05, 4.69) is 23.7 Å². The number of hydrogen-bond acceptors (Lipinski definition) is 2. The van der Waals surface area contributed by atoms with Crippen molar-refractivity contribution < 1.29 is 4.79 Å². The number of nitrogens with zero attached hydrogens (tertiary/aromatic N) is 2. The van der Waals surface area contributed by atoms with Gasteiger partial charge in [-0.05, 0) is 12.2 Å². The molecule has 0 unspecified atom stereocenters. The van der Waals surface area contributed by atoms with Gasteiger partial charge in [0, 0.05) is 28.2 Å². The van der Waals surface area contributed by atoms with Crippen molar-refractivity contribution in [3.63, 3.8) is 0 Å². The standard InChI is InChI=1S/C5H12N2O.CH4N2S/c1-6(2)5(8)7(3)4;2-1(3)4/h1-4H3;(H4,2,3,4). The van der Waals surface area contributed by atoms with Crippen molar-refractivity contribution in [3.05, 3.63) is 0 Å². The molecule has 5 nitrogen and oxygen atoms in total. The summed E-state index contributed by atoms with van der Waals surface area (Å²) < 4.78 is 0. The molecular weight excluding hydrogens is 176 g/mol. The molecule has 0 fully saturated rings. The number of hydrogen-bond donors (Lipinski definition) is 2. The van der Waals surface area contributed by atoms with E-state index in [-0.39, 0.29) is 11.1 Å². The zero-order valence-corrected chi connectivity index (χ0v) is 8.68. The van der Waals surface area contributed by atoms with Crippen LogP contribution in [0.3, 0.4) is 0 Å². The number of amides is 2. The molecule has 0 aromatic heterocycles. The number of rotatable bonds is 0. The van der Waals surface area contributed by atoms with Gasteiger partial charge in [-0.2, -0.15) is 0 Å². The van der Waals surface area contributed by atoms with Crippen LogP contribution in [0.1, 0.15) is 0 Å². The van der Waals surface area contributed by atoms with E-state index < -0.39 is 0 Å². The second-order valence-corrected chi connectivity index (χ2v) is 2.95. The lowest BCUT2D eigenvalue weighted by Gasteiger charge is -2.16. The molecule has 12 heavy (non-hydrogen) atoms. The van der Waals surface area contributed by atoms with Crippen LogP contribution in [0.4, 0.5) is 4.79 Å². The van der Waals surface area contributed by atoms with Gasteiger partial charge in [0.05, 0.1) is 0 Å². The molecule has 0 heterocycles. The molecule has 0 rings (SSSR count). The summed E-state index contributed by atoms with van der Waals surface area (Å²) >= 11 is 4.09. The lowest BCUT2D eigenvalue weighted by Crippen LogP contribution is -2.33. The van der Waals surface area contributed by atoms with Crippen LogP contribution in [0.5, 0.6) is 0 Å². The Morgan fingerprint density at radius 2 is 1.25 bits per heavy atom. The highest BCUT2D eigenvalue weighted by Crippen LogP contribution is 1.83. The second kappa shape index (κ2) is 6.66. The van der Waals surface area contributed by atoms with E-state index in [4.69, 9.17) is 0 Å². The summed E-state index contributed by atoms with van der Waals surface area (Å²) in [6.45, 7) is 0. The summed E-state index contributed by atoms with van der Waals surface area (Å²) in [5.74, 6) is 0. The van der Waals surface area contributed by atoms with E-state index >= 15 is 0 Å². The van der Waals surface area contributed by atoms with Gasteiger partial charge >= 0.3 is 6.03 Å². The fourth-order valence-electron chi connectivity index (χ4n) is 0.400. The van der Waals surface area contributed by atoms with Crippen LogP contribution in [0.25, 0.3) is 0 Å². The Balaban J connectivity index is 0. The Hall–Kier alpha value is -1.04. The molecule has 72 valence electrons. The van der Waals surface area contributed by atoms with Crippen LogP contribution in [0.15, 0.2) is 0 Å². The van der Waals surface area contributed by atoms with Crippen LogP contribution in [0, 0.1) is 0 Å². The van der Waals surface area contributed by atoms with Crippen molar-refractivity contribution in [1.82, 2.24) is 9.80 Å². The van der Waals surface area contributed by atoms with Crippen LogP contribution >= 0.6 is 12.2 Å². The molecule has 0 spiro atoms. The minimum absolute atomic E-state index is 0.000000000000000222. The predicted octanol–water partition coefficient (Wildman–Crippen LogP) is -0.582. The van der Waals surface area contributed by atoms with Crippen molar-refractivity contribution in [2.24, 2.45) is 11.5 Å². The Morgan fingerprint density at radius 1 is 1.08 bits per heavy atom. The summed E-state index contributed by atoms with van der Waals surface area (Å²) in [5.41, 5.74) is 9.24. The lowest BCUT2D eigenvalue weighted by atomic mass is 10.7. The molecule has 6 heteroatoms. The molecule has 0 aliphatic heterocycles. The van der Waals surface area contributed by atoms with E-state index in [1.165, 1.54) is 9.80 Å². The number of carbonyl (C=O) groups is 1. The smallest absolute Gasteiger partial charge is 0.318 e. The van der Waals surface area contributed by atoms with Gasteiger partial charge in [0.25, 0.3) is 0 Å². The van der Waals surface area contributed by atoms with Crippen molar-refractivity contribution in [2.45, 2.75) is 0 Å². The molecule has 0 aliphatic carbocycles. The van der Waals surface area contributed by atoms with Crippen molar-refractivity contribution >= 4 is 23.4 Å². The monoisotopic (exact) mass is 192 g/mol. The molecule has 0 saturated carbocycles. The Bertz CT molecular complexity index is 144. The molecule has 0 saturated heterocycles. The number of carbonyl (C=O) groups excluding carboxylic acids is 1. The summed E-state index contributed by atoms with van der Waals surface area (Å²) in [5, 5.41) is 0.000000000000000222. The van der Waals surface area contributed by atoms with Gasteiger partial charge in [-0.15, -0.1) is 0 Å². The average molecular weight is 192 g/mol. The molecule has 0 aliphatic rings. The predicted molar refractivity (Wildman–Crippen MR) is 53.7 cm³/mol. The van der Waals surface area contributed by atoms with E-state index in [1.54, 1.807) is 28.2 Å². The quantitative estimate of drug-likeness (QED) is 0.503. The maximum Gasteiger partial charge on any atom is 0.318 e. The fraction of sp³-hybridized carbons (Fsp3) is 0.667. The van der Waals surface area contributed by atoms with Crippen LogP contribution in [0.2, 0.25) is 0 Å². The SMILES string of the molecule is CN(C)C(=O)N(C)C.NC(N)=S. The van der Waals surface area contributed by atoms with Gasteiger partial charge in [-0.1, -0.05) is 0 Å². The third kappa shape index (κ3) is 11.7. The first-order valence-corrected chi connectivity index (χ1v) is 3.63.